The van der Waals surface area contributed by atoms with E-state index in [1.165, 1.54) is 18.5 Å². The third kappa shape index (κ3) is 3.16. The first-order valence-electron chi connectivity index (χ1n) is 5.76. The molecule has 0 spiro atoms. The van der Waals surface area contributed by atoms with Gasteiger partial charge < -0.3 is 10.5 Å². The number of para-hydroxylation sites is 2. The summed E-state index contributed by atoms with van der Waals surface area (Å²) in [6.07, 6.45) is 0.331. The summed E-state index contributed by atoms with van der Waals surface area (Å²) in [5.74, 6) is 0.478. The quantitative estimate of drug-likeness (QED) is 0.807. The van der Waals surface area contributed by atoms with E-state index in [1.807, 2.05) is 0 Å². The normalized spacial score (nSPS) is 12.8. The second-order valence-electron chi connectivity index (χ2n) is 3.98. The summed E-state index contributed by atoms with van der Waals surface area (Å²) in [5.41, 5.74) is 5.97. The molecule has 0 saturated carbocycles. The monoisotopic (exact) mass is 302 g/mol. The maximum Gasteiger partial charge on any atom is 0.244 e. The lowest BCUT2D eigenvalue weighted by Crippen LogP contribution is -2.42. The van der Waals surface area contributed by atoms with Crippen molar-refractivity contribution in [3.05, 3.63) is 24.3 Å². The van der Waals surface area contributed by atoms with Gasteiger partial charge in [-0.05, 0) is 18.6 Å². The molecule has 5 nitrogen and oxygen atoms in total. The average Bonchev–Trinajstić information content (AvgIpc) is 2.37. The van der Waals surface area contributed by atoms with Gasteiger partial charge in [-0.1, -0.05) is 31.3 Å². The number of ether oxygens (including phenoxy) is 1. The Morgan fingerprint density at radius 2 is 2.05 bits per heavy atom. The topological polar surface area (TPSA) is 72.6 Å². The Balaban J connectivity index is 3.25. The number of sulfonamides is 1. The van der Waals surface area contributed by atoms with E-state index in [0.717, 1.165) is 0 Å². The van der Waals surface area contributed by atoms with Crippen LogP contribution in [0.25, 0.3) is 0 Å². The molecule has 1 aromatic carbocycles. The predicted octanol–water partition coefficient (Wildman–Crippen LogP) is 1.53. The summed E-state index contributed by atoms with van der Waals surface area (Å²) in [6.45, 7) is 1.73. The molecule has 1 rings (SSSR count). The molecule has 0 aliphatic carbocycles. The van der Waals surface area contributed by atoms with Crippen molar-refractivity contribution in [2.75, 3.05) is 18.5 Å². The Hall–Kier alpha value is -1.34. The van der Waals surface area contributed by atoms with E-state index in [0.29, 0.717) is 17.9 Å². The molecule has 2 N–H and O–H groups in total. The number of anilines is 1. The van der Waals surface area contributed by atoms with Gasteiger partial charge in [-0.2, -0.15) is 0 Å². The molecule has 0 radical (unpaired) electrons. The fraction of sp³-hybridized carbons (Fsp3) is 0.417. The lowest BCUT2D eigenvalue weighted by molar-refractivity contribution is 0.416. The summed E-state index contributed by atoms with van der Waals surface area (Å²) in [7, 11) is -0.692. The van der Waals surface area contributed by atoms with Gasteiger partial charge >= 0.3 is 0 Å². The van der Waals surface area contributed by atoms with Crippen molar-refractivity contribution in [1.82, 2.24) is 0 Å². The number of hydrogen-bond donors (Lipinski definition) is 1. The van der Waals surface area contributed by atoms with Crippen LogP contribution in [0.3, 0.4) is 0 Å². The van der Waals surface area contributed by atoms with Crippen LogP contribution >= 0.6 is 12.2 Å². The van der Waals surface area contributed by atoms with E-state index in [4.69, 9.17) is 22.7 Å². The second-order valence-corrected chi connectivity index (χ2v) is 6.60. The Morgan fingerprint density at radius 1 is 1.47 bits per heavy atom. The number of thiocarbonyl (C=S) groups is 1. The van der Waals surface area contributed by atoms with E-state index in [1.54, 1.807) is 31.2 Å². The van der Waals surface area contributed by atoms with E-state index in [9.17, 15) is 8.42 Å². The lowest BCUT2D eigenvalue weighted by atomic mass is 10.3. The zero-order valence-corrected chi connectivity index (χ0v) is 12.8. The van der Waals surface area contributed by atoms with Crippen LogP contribution in [0.5, 0.6) is 5.75 Å². The van der Waals surface area contributed by atoms with Crippen molar-refractivity contribution in [3.63, 3.8) is 0 Å². The van der Waals surface area contributed by atoms with Gasteiger partial charge in [0.05, 0.1) is 17.8 Å². The fourth-order valence-corrected chi connectivity index (χ4v) is 3.83. The Labute approximate surface area is 119 Å². The van der Waals surface area contributed by atoms with Crippen molar-refractivity contribution in [1.29, 1.82) is 0 Å². The minimum Gasteiger partial charge on any atom is -0.495 e. The van der Waals surface area contributed by atoms with Gasteiger partial charge in [0.1, 0.15) is 11.0 Å². The van der Waals surface area contributed by atoms with Gasteiger partial charge in [0.25, 0.3) is 0 Å². The zero-order valence-electron chi connectivity index (χ0n) is 11.2. The van der Waals surface area contributed by atoms with Crippen LogP contribution in [0.4, 0.5) is 5.69 Å². The van der Waals surface area contributed by atoms with Crippen LogP contribution in [0.1, 0.15) is 13.3 Å². The molecule has 0 aliphatic heterocycles. The minimum atomic E-state index is -3.65. The SMILES string of the molecule is CCC(C(N)=S)S(=O)(=O)N(C)c1ccccc1OC. The first kappa shape index (κ1) is 15.7. The summed E-state index contributed by atoms with van der Waals surface area (Å²) >= 11 is 4.84. The van der Waals surface area contributed by atoms with Crippen molar-refractivity contribution in [2.45, 2.75) is 18.6 Å². The number of rotatable bonds is 6. The highest BCUT2D eigenvalue weighted by Crippen LogP contribution is 2.30. The second kappa shape index (κ2) is 6.21. The van der Waals surface area contributed by atoms with Crippen molar-refractivity contribution in [3.8, 4) is 5.75 Å². The summed E-state index contributed by atoms with van der Waals surface area (Å²) in [4.78, 5) is -0.0238. The van der Waals surface area contributed by atoms with E-state index in [2.05, 4.69) is 0 Å². The fourth-order valence-electron chi connectivity index (χ4n) is 1.78. The van der Waals surface area contributed by atoms with Gasteiger partial charge in [0.15, 0.2) is 0 Å². The molecule has 1 aromatic rings. The number of benzene rings is 1. The molecule has 0 saturated heterocycles. The zero-order chi connectivity index (χ0) is 14.6. The molecular weight excluding hydrogens is 284 g/mol. The molecule has 106 valence electrons. The van der Waals surface area contributed by atoms with Crippen LogP contribution in [-0.4, -0.2) is 32.8 Å². The van der Waals surface area contributed by atoms with Gasteiger partial charge in [-0.3, -0.25) is 4.31 Å². The van der Waals surface area contributed by atoms with Crippen molar-refractivity contribution in [2.24, 2.45) is 5.73 Å². The van der Waals surface area contributed by atoms with E-state index < -0.39 is 15.3 Å². The lowest BCUT2D eigenvalue weighted by Gasteiger charge is -2.25. The van der Waals surface area contributed by atoms with Crippen LogP contribution < -0.4 is 14.8 Å². The Kier molecular flexibility index (Phi) is 5.13. The number of methoxy groups -OCH3 is 1. The first-order valence-corrected chi connectivity index (χ1v) is 7.67. The van der Waals surface area contributed by atoms with Gasteiger partial charge in [0.2, 0.25) is 10.0 Å². The first-order chi connectivity index (χ1) is 8.86. The molecule has 7 heteroatoms. The molecule has 0 aromatic heterocycles. The highest BCUT2D eigenvalue weighted by molar-refractivity contribution is 7.95. The molecule has 1 unspecified atom stereocenters. The number of nitrogens with zero attached hydrogens (tertiary/aromatic N) is 1. The molecule has 0 amide bonds. The van der Waals surface area contributed by atoms with E-state index >= 15 is 0 Å². The molecule has 0 bridgehead atoms. The third-order valence-electron chi connectivity index (χ3n) is 2.85. The molecule has 0 fully saturated rings. The number of nitrogens with two attached hydrogens (primary N) is 1. The smallest absolute Gasteiger partial charge is 0.244 e. The summed E-state index contributed by atoms with van der Waals surface area (Å²) in [6, 6.07) is 6.88. The van der Waals surface area contributed by atoms with Crippen LogP contribution in [0, 0.1) is 0 Å². The highest BCUT2D eigenvalue weighted by atomic mass is 32.2. The molecule has 0 aliphatic rings. The van der Waals surface area contributed by atoms with Crippen LogP contribution in [0.15, 0.2) is 24.3 Å². The number of hydrogen-bond acceptors (Lipinski definition) is 4. The van der Waals surface area contributed by atoms with E-state index in [-0.39, 0.29) is 4.99 Å². The van der Waals surface area contributed by atoms with Crippen molar-refractivity contribution < 1.29 is 13.2 Å². The van der Waals surface area contributed by atoms with Gasteiger partial charge in [-0.25, -0.2) is 8.42 Å². The third-order valence-corrected chi connectivity index (χ3v) is 5.55. The van der Waals surface area contributed by atoms with Crippen LogP contribution in [0.2, 0.25) is 0 Å². The minimum absolute atomic E-state index is 0.0238. The maximum absolute atomic E-state index is 12.5. The summed E-state index contributed by atoms with van der Waals surface area (Å²) in [5, 5.41) is -0.877. The molecule has 0 heterocycles. The standard InChI is InChI=1S/C12H18N2O3S2/c1-4-11(12(13)18)19(15,16)14(2)9-7-5-6-8-10(9)17-3/h5-8,11H,4H2,1-3H3,(H2,13,18). The Morgan fingerprint density at radius 3 is 2.53 bits per heavy atom. The Bertz CT molecular complexity index is 558. The highest BCUT2D eigenvalue weighted by Gasteiger charge is 2.32. The van der Waals surface area contributed by atoms with Gasteiger partial charge in [-0.15, -0.1) is 0 Å². The molecular formula is C12H18N2O3S2. The molecule has 19 heavy (non-hydrogen) atoms. The summed E-state index contributed by atoms with van der Waals surface area (Å²) < 4.78 is 31.3. The average molecular weight is 302 g/mol. The van der Waals surface area contributed by atoms with Crippen molar-refractivity contribution >= 4 is 32.9 Å². The van der Waals surface area contributed by atoms with Crippen LogP contribution in [-0.2, 0) is 10.0 Å². The largest absolute Gasteiger partial charge is 0.495 e. The molecule has 1 atom stereocenters. The predicted molar refractivity (Wildman–Crippen MR) is 81.2 cm³/mol. The maximum atomic E-state index is 12.5. The van der Waals surface area contributed by atoms with Gasteiger partial charge in [0, 0.05) is 7.05 Å².